The number of carbonyl (C=O) groups excluding carboxylic acids is 2. The van der Waals surface area contributed by atoms with Crippen LogP contribution in [0.4, 0.5) is 5.69 Å². The van der Waals surface area contributed by atoms with E-state index in [2.05, 4.69) is 24.5 Å². The van der Waals surface area contributed by atoms with Crippen molar-refractivity contribution >= 4 is 34.8 Å². The average Bonchev–Trinajstić information content (AvgIpc) is 2.74. The molecule has 29 heavy (non-hydrogen) atoms. The highest BCUT2D eigenvalue weighted by molar-refractivity contribution is 7.80. The molecule has 2 aromatic carbocycles. The van der Waals surface area contributed by atoms with Crippen molar-refractivity contribution in [2.75, 3.05) is 18.4 Å². The minimum atomic E-state index is -0.280. The maximum atomic E-state index is 12.9. The standard InChI is InChI=1S/C23H27N3O2S/c1-16(2)17-10-12-18(13-11-17)21(27)25-23(29)24-20-9-5-4-8-19(20)22(28)26-14-6-3-7-15-26/h4-5,8-13,16H,3,6-7,14-15H2,1-2H3,(H2,24,25,27,29). The number of carbonyl (C=O) groups is 2. The maximum Gasteiger partial charge on any atom is 0.257 e. The summed E-state index contributed by atoms with van der Waals surface area (Å²) in [6.45, 7) is 5.77. The first-order chi connectivity index (χ1) is 14.0. The van der Waals surface area contributed by atoms with Crippen LogP contribution in [0.3, 0.4) is 0 Å². The molecule has 0 bridgehead atoms. The van der Waals surface area contributed by atoms with Crippen LogP contribution in [0.1, 0.15) is 65.3 Å². The predicted octanol–water partition coefficient (Wildman–Crippen LogP) is 4.56. The van der Waals surface area contributed by atoms with E-state index in [4.69, 9.17) is 12.2 Å². The van der Waals surface area contributed by atoms with Gasteiger partial charge in [0.25, 0.3) is 11.8 Å². The van der Waals surface area contributed by atoms with Crippen LogP contribution in [0, 0.1) is 0 Å². The summed E-state index contributed by atoms with van der Waals surface area (Å²) in [6, 6.07) is 14.7. The number of nitrogens with one attached hydrogen (secondary N) is 2. The molecule has 1 aliphatic rings. The molecule has 2 amide bonds. The fourth-order valence-electron chi connectivity index (χ4n) is 3.39. The number of para-hydroxylation sites is 1. The van der Waals surface area contributed by atoms with Gasteiger partial charge in [-0.2, -0.15) is 0 Å². The fraction of sp³-hybridized carbons (Fsp3) is 0.348. The van der Waals surface area contributed by atoms with Crippen LogP contribution in [-0.2, 0) is 0 Å². The van der Waals surface area contributed by atoms with Crippen LogP contribution in [0.2, 0.25) is 0 Å². The lowest BCUT2D eigenvalue weighted by atomic mass is 10.0. The van der Waals surface area contributed by atoms with Gasteiger partial charge >= 0.3 is 0 Å². The van der Waals surface area contributed by atoms with Crippen molar-refractivity contribution in [2.24, 2.45) is 0 Å². The molecule has 0 saturated carbocycles. The van der Waals surface area contributed by atoms with Gasteiger partial charge in [-0.05, 0) is 67.2 Å². The predicted molar refractivity (Wildman–Crippen MR) is 120 cm³/mol. The molecule has 1 aliphatic heterocycles. The number of benzene rings is 2. The lowest BCUT2D eigenvalue weighted by Crippen LogP contribution is -2.37. The van der Waals surface area contributed by atoms with Crippen molar-refractivity contribution in [2.45, 2.75) is 39.0 Å². The molecule has 0 unspecified atom stereocenters. The molecule has 0 spiro atoms. The molecule has 152 valence electrons. The molecule has 1 fully saturated rings. The van der Waals surface area contributed by atoms with Crippen LogP contribution < -0.4 is 10.6 Å². The fourth-order valence-corrected chi connectivity index (χ4v) is 3.60. The minimum absolute atomic E-state index is 0.00815. The first-order valence-electron chi connectivity index (χ1n) is 10.1. The van der Waals surface area contributed by atoms with E-state index in [1.807, 2.05) is 29.2 Å². The van der Waals surface area contributed by atoms with E-state index in [1.54, 1.807) is 24.3 Å². The molecule has 0 radical (unpaired) electrons. The Kier molecular flexibility index (Phi) is 6.99. The molecule has 1 heterocycles. The Hall–Kier alpha value is -2.73. The molecule has 5 nitrogen and oxygen atoms in total. The van der Waals surface area contributed by atoms with E-state index < -0.39 is 0 Å². The highest BCUT2D eigenvalue weighted by atomic mass is 32.1. The maximum absolute atomic E-state index is 12.9. The second kappa shape index (κ2) is 9.65. The first-order valence-corrected chi connectivity index (χ1v) is 10.5. The van der Waals surface area contributed by atoms with Crippen molar-refractivity contribution in [3.8, 4) is 0 Å². The van der Waals surface area contributed by atoms with Crippen molar-refractivity contribution in [3.63, 3.8) is 0 Å². The smallest absolute Gasteiger partial charge is 0.257 e. The van der Waals surface area contributed by atoms with Gasteiger partial charge in [0.2, 0.25) is 0 Å². The number of hydrogen-bond acceptors (Lipinski definition) is 3. The number of rotatable bonds is 4. The topological polar surface area (TPSA) is 61.4 Å². The Balaban J connectivity index is 1.66. The molecular formula is C23H27N3O2S. The first kappa shape index (κ1) is 21.0. The third-order valence-electron chi connectivity index (χ3n) is 5.12. The Morgan fingerprint density at radius 2 is 1.62 bits per heavy atom. The third kappa shape index (κ3) is 5.41. The van der Waals surface area contributed by atoms with Crippen LogP contribution in [-0.4, -0.2) is 34.9 Å². The van der Waals surface area contributed by atoms with Gasteiger partial charge in [0, 0.05) is 18.7 Å². The highest BCUT2D eigenvalue weighted by Gasteiger charge is 2.21. The number of likely N-dealkylation sites (tertiary alicyclic amines) is 1. The lowest BCUT2D eigenvalue weighted by Gasteiger charge is -2.27. The molecule has 2 N–H and O–H groups in total. The summed E-state index contributed by atoms with van der Waals surface area (Å²) in [5, 5.41) is 5.88. The second-order valence-corrected chi connectivity index (χ2v) is 7.99. The van der Waals surface area contributed by atoms with Gasteiger partial charge in [0.1, 0.15) is 0 Å². The Bertz CT molecular complexity index is 887. The van der Waals surface area contributed by atoms with Gasteiger partial charge < -0.3 is 10.2 Å². The Morgan fingerprint density at radius 3 is 2.28 bits per heavy atom. The summed E-state index contributed by atoms with van der Waals surface area (Å²) in [4.78, 5) is 27.2. The van der Waals surface area contributed by atoms with Gasteiger partial charge in [0.15, 0.2) is 5.11 Å². The molecule has 0 atom stereocenters. The number of nitrogens with zero attached hydrogens (tertiary/aromatic N) is 1. The van der Waals surface area contributed by atoms with Gasteiger partial charge in [-0.25, -0.2) is 0 Å². The molecule has 1 saturated heterocycles. The zero-order valence-electron chi connectivity index (χ0n) is 16.9. The zero-order chi connectivity index (χ0) is 20.8. The SMILES string of the molecule is CC(C)c1ccc(C(=O)NC(=S)Nc2ccccc2C(=O)N2CCCCC2)cc1. The van der Waals surface area contributed by atoms with E-state index in [1.165, 1.54) is 5.56 Å². The van der Waals surface area contributed by atoms with Crippen LogP contribution in [0.15, 0.2) is 48.5 Å². The highest BCUT2D eigenvalue weighted by Crippen LogP contribution is 2.20. The normalized spacial score (nSPS) is 13.8. The van der Waals surface area contributed by atoms with Crippen molar-refractivity contribution in [3.05, 3.63) is 65.2 Å². The van der Waals surface area contributed by atoms with Crippen molar-refractivity contribution < 1.29 is 9.59 Å². The van der Waals surface area contributed by atoms with Gasteiger partial charge in [0.05, 0.1) is 11.3 Å². The number of thiocarbonyl (C=S) groups is 1. The second-order valence-electron chi connectivity index (χ2n) is 7.58. The van der Waals surface area contributed by atoms with E-state index >= 15 is 0 Å². The van der Waals surface area contributed by atoms with Gasteiger partial charge in [-0.3, -0.25) is 14.9 Å². The summed E-state index contributed by atoms with van der Waals surface area (Å²) in [5.41, 5.74) is 2.87. The van der Waals surface area contributed by atoms with Crippen LogP contribution >= 0.6 is 12.2 Å². The summed E-state index contributed by atoms with van der Waals surface area (Å²) in [7, 11) is 0. The number of piperidine rings is 1. The zero-order valence-corrected chi connectivity index (χ0v) is 17.7. The Labute approximate surface area is 177 Å². The van der Waals surface area contributed by atoms with Gasteiger partial charge in [-0.15, -0.1) is 0 Å². The average molecular weight is 410 g/mol. The van der Waals surface area contributed by atoms with Crippen LogP contribution in [0.5, 0.6) is 0 Å². The molecule has 0 aliphatic carbocycles. The van der Waals surface area contributed by atoms with E-state index in [0.717, 1.165) is 32.4 Å². The largest absolute Gasteiger partial charge is 0.339 e. The minimum Gasteiger partial charge on any atom is -0.339 e. The lowest BCUT2D eigenvalue weighted by molar-refractivity contribution is 0.0725. The van der Waals surface area contributed by atoms with Crippen molar-refractivity contribution in [1.82, 2.24) is 10.2 Å². The van der Waals surface area contributed by atoms with Gasteiger partial charge in [-0.1, -0.05) is 38.1 Å². The van der Waals surface area contributed by atoms with Crippen LogP contribution in [0.25, 0.3) is 0 Å². The molecule has 3 rings (SSSR count). The third-order valence-corrected chi connectivity index (χ3v) is 5.32. The summed E-state index contributed by atoms with van der Waals surface area (Å²) < 4.78 is 0. The summed E-state index contributed by atoms with van der Waals surface area (Å²) in [6.07, 6.45) is 3.23. The number of hydrogen-bond donors (Lipinski definition) is 2. The number of anilines is 1. The van der Waals surface area contributed by atoms with Crippen molar-refractivity contribution in [1.29, 1.82) is 0 Å². The summed E-state index contributed by atoms with van der Waals surface area (Å²) >= 11 is 5.31. The van der Waals surface area contributed by atoms with E-state index in [-0.39, 0.29) is 16.9 Å². The van der Waals surface area contributed by atoms with E-state index in [9.17, 15) is 9.59 Å². The molecule has 2 aromatic rings. The molecule has 0 aromatic heterocycles. The monoisotopic (exact) mass is 409 g/mol. The quantitative estimate of drug-likeness (QED) is 0.727. The number of amides is 2. The summed E-state index contributed by atoms with van der Waals surface area (Å²) in [5.74, 6) is 0.118. The van der Waals surface area contributed by atoms with E-state index in [0.29, 0.717) is 22.7 Å². The molecule has 6 heteroatoms. The molecular weight excluding hydrogens is 382 g/mol. The Morgan fingerprint density at radius 1 is 0.966 bits per heavy atom.